The van der Waals surface area contributed by atoms with Gasteiger partial charge in [0.15, 0.2) is 0 Å². The fraction of sp³-hybridized carbons (Fsp3) is 0.562. The third-order valence-corrected chi connectivity index (χ3v) is 3.92. The highest BCUT2D eigenvalue weighted by molar-refractivity contribution is 5.80. The van der Waals surface area contributed by atoms with Crippen LogP contribution in [0, 0.1) is 5.92 Å². The van der Waals surface area contributed by atoms with Crippen molar-refractivity contribution in [3.63, 3.8) is 0 Å². The summed E-state index contributed by atoms with van der Waals surface area (Å²) >= 11 is 0. The Labute approximate surface area is 115 Å². The molecule has 3 nitrogen and oxygen atoms in total. The Bertz CT molecular complexity index is 423. The molecule has 1 aliphatic carbocycles. The lowest BCUT2D eigenvalue weighted by Gasteiger charge is -2.14. The Hall–Kier alpha value is -1.35. The number of nitrogens with one attached hydrogen (secondary N) is 1. The fourth-order valence-electron chi connectivity index (χ4n) is 2.09. The van der Waals surface area contributed by atoms with E-state index in [1.165, 1.54) is 5.56 Å². The van der Waals surface area contributed by atoms with Gasteiger partial charge in [0.1, 0.15) is 0 Å². The largest absolute Gasteiger partial charge is 0.387 e. The Kier molecular flexibility index (Phi) is 4.59. The number of aliphatic hydroxyl groups excluding tert-OH is 1. The van der Waals surface area contributed by atoms with Crippen LogP contribution in [0.5, 0.6) is 0 Å². The van der Waals surface area contributed by atoms with Gasteiger partial charge < -0.3 is 10.4 Å². The second kappa shape index (κ2) is 6.20. The Morgan fingerprint density at radius 2 is 1.89 bits per heavy atom. The monoisotopic (exact) mass is 261 g/mol. The molecule has 2 rings (SSSR count). The lowest BCUT2D eigenvalue weighted by molar-refractivity contribution is -0.122. The number of benzene rings is 1. The zero-order valence-corrected chi connectivity index (χ0v) is 11.7. The summed E-state index contributed by atoms with van der Waals surface area (Å²) in [6, 6.07) is 8.04. The minimum Gasteiger partial charge on any atom is -0.387 e. The van der Waals surface area contributed by atoms with Crippen molar-refractivity contribution in [1.82, 2.24) is 5.32 Å². The van der Waals surface area contributed by atoms with Gasteiger partial charge in [0.25, 0.3) is 0 Å². The van der Waals surface area contributed by atoms with Crippen LogP contribution in [-0.2, 0) is 4.79 Å². The minimum atomic E-state index is -0.617. The second-order valence-corrected chi connectivity index (χ2v) is 5.51. The van der Waals surface area contributed by atoms with E-state index in [1.807, 2.05) is 12.1 Å². The van der Waals surface area contributed by atoms with Crippen molar-refractivity contribution in [1.29, 1.82) is 0 Å². The van der Waals surface area contributed by atoms with Crippen LogP contribution in [0.1, 0.15) is 56.3 Å². The first kappa shape index (κ1) is 14.1. The number of amides is 1. The van der Waals surface area contributed by atoms with Crippen LogP contribution in [0.4, 0.5) is 0 Å². The van der Waals surface area contributed by atoms with Gasteiger partial charge in [-0.25, -0.2) is 0 Å². The first-order valence-electron chi connectivity index (χ1n) is 7.17. The molecule has 0 heterocycles. The molecular formula is C16H23NO2. The van der Waals surface area contributed by atoms with Gasteiger partial charge in [-0.1, -0.05) is 38.1 Å². The summed E-state index contributed by atoms with van der Waals surface area (Å²) in [5.41, 5.74) is 2.16. The molecule has 2 unspecified atom stereocenters. The maximum atomic E-state index is 11.5. The molecule has 0 saturated heterocycles. The molecule has 104 valence electrons. The highest BCUT2D eigenvalue weighted by atomic mass is 16.3. The lowest BCUT2D eigenvalue weighted by Crippen LogP contribution is -2.29. The maximum Gasteiger partial charge on any atom is 0.223 e. The topological polar surface area (TPSA) is 49.3 Å². The number of hydrogen-bond donors (Lipinski definition) is 2. The third-order valence-electron chi connectivity index (χ3n) is 3.92. The molecule has 3 heteroatoms. The van der Waals surface area contributed by atoms with Crippen molar-refractivity contribution in [3.05, 3.63) is 35.4 Å². The second-order valence-electron chi connectivity index (χ2n) is 5.51. The standard InChI is InChI=1S/C16H23NO2/c1-3-11(2)12-4-6-13(7-5-12)15(18)10-17-16(19)14-8-9-14/h4-7,11,14-15,18H,3,8-10H2,1-2H3,(H,17,19). The van der Waals surface area contributed by atoms with Crippen molar-refractivity contribution in [2.45, 2.75) is 45.1 Å². The number of hydrogen-bond acceptors (Lipinski definition) is 2. The van der Waals surface area contributed by atoms with Gasteiger partial charge in [-0.2, -0.15) is 0 Å². The van der Waals surface area contributed by atoms with Gasteiger partial charge in [-0.05, 0) is 36.3 Å². The van der Waals surface area contributed by atoms with Crippen molar-refractivity contribution in [2.75, 3.05) is 6.54 Å². The van der Waals surface area contributed by atoms with Gasteiger partial charge in [-0.3, -0.25) is 4.79 Å². The predicted molar refractivity (Wildman–Crippen MR) is 75.8 cm³/mol. The van der Waals surface area contributed by atoms with E-state index >= 15 is 0 Å². The molecule has 0 aromatic heterocycles. The minimum absolute atomic E-state index is 0.0790. The first-order valence-corrected chi connectivity index (χ1v) is 7.17. The van der Waals surface area contributed by atoms with Gasteiger partial charge in [0, 0.05) is 12.5 Å². The van der Waals surface area contributed by atoms with Crippen molar-refractivity contribution in [2.24, 2.45) is 5.92 Å². The number of aliphatic hydroxyl groups is 1. The van der Waals surface area contributed by atoms with Crippen molar-refractivity contribution < 1.29 is 9.90 Å². The van der Waals surface area contributed by atoms with E-state index in [9.17, 15) is 9.90 Å². The Morgan fingerprint density at radius 3 is 2.42 bits per heavy atom. The number of rotatable bonds is 6. The van der Waals surface area contributed by atoms with Crippen LogP contribution in [-0.4, -0.2) is 17.6 Å². The molecule has 1 amide bonds. The molecule has 0 radical (unpaired) electrons. The Balaban J connectivity index is 1.87. The van der Waals surface area contributed by atoms with Crippen LogP contribution in [0.3, 0.4) is 0 Å². The molecule has 0 aliphatic heterocycles. The van der Waals surface area contributed by atoms with Crippen LogP contribution >= 0.6 is 0 Å². The fourth-order valence-corrected chi connectivity index (χ4v) is 2.09. The van der Waals surface area contributed by atoms with E-state index in [-0.39, 0.29) is 11.8 Å². The van der Waals surface area contributed by atoms with Crippen molar-refractivity contribution in [3.8, 4) is 0 Å². The molecule has 19 heavy (non-hydrogen) atoms. The summed E-state index contributed by atoms with van der Waals surface area (Å²) in [6.07, 6.45) is 2.48. The number of carbonyl (C=O) groups is 1. The average molecular weight is 261 g/mol. The highest BCUT2D eigenvalue weighted by Gasteiger charge is 2.29. The average Bonchev–Trinajstić information content (AvgIpc) is 3.28. The third kappa shape index (κ3) is 3.80. The molecular weight excluding hydrogens is 238 g/mol. The SMILES string of the molecule is CCC(C)c1ccc(C(O)CNC(=O)C2CC2)cc1. The van der Waals surface area contributed by atoms with Crippen LogP contribution in [0.25, 0.3) is 0 Å². The molecule has 0 spiro atoms. The first-order chi connectivity index (χ1) is 9.11. The van der Waals surface area contributed by atoms with Crippen LogP contribution in [0.15, 0.2) is 24.3 Å². The smallest absolute Gasteiger partial charge is 0.223 e. The van der Waals surface area contributed by atoms with E-state index in [4.69, 9.17) is 0 Å². The molecule has 1 aromatic rings. The van der Waals surface area contributed by atoms with Gasteiger partial charge in [0.2, 0.25) is 5.91 Å². The van der Waals surface area contributed by atoms with E-state index < -0.39 is 6.10 Å². The highest BCUT2D eigenvalue weighted by Crippen LogP contribution is 2.29. The van der Waals surface area contributed by atoms with E-state index in [0.29, 0.717) is 12.5 Å². The summed E-state index contributed by atoms with van der Waals surface area (Å²) < 4.78 is 0. The Morgan fingerprint density at radius 1 is 1.32 bits per heavy atom. The molecule has 1 saturated carbocycles. The quantitative estimate of drug-likeness (QED) is 0.827. The zero-order valence-electron chi connectivity index (χ0n) is 11.7. The predicted octanol–water partition coefficient (Wildman–Crippen LogP) is 2.76. The summed E-state index contributed by atoms with van der Waals surface area (Å²) in [5.74, 6) is 0.816. The van der Waals surface area contributed by atoms with E-state index in [0.717, 1.165) is 24.8 Å². The summed E-state index contributed by atoms with van der Waals surface area (Å²) in [7, 11) is 0. The van der Waals surface area contributed by atoms with Crippen LogP contribution < -0.4 is 5.32 Å². The van der Waals surface area contributed by atoms with Crippen LogP contribution in [0.2, 0.25) is 0 Å². The zero-order chi connectivity index (χ0) is 13.8. The molecule has 1 aliphatic rings. The number of carbonyl (C=O) groups excluding carboxylic acids is 1. The van der Waals surface area contributed by atoms with Crippen molar-refractivity contribution >= 4 is 5.91 Å². The normalized spacial score (nSPS) is 17.8. The summed E-state index contributed by atoms with van der Waals surface area (Å²) in [6.45, 7) is 4.67. The summed E-state index contributed by atoms with van der Waals surface area (Å²) in [5, 5.41) is 12.8. The van der Waals surface area contributed by atoms with Gasteiger partial charge in [-0.15, -0.1) is 0 Å². The molecule has 1 aromatic carbocycles. The maximum absolute atomic E-state index is 11.5. The van der Waals surface area contributed by atoms with E-state index in [2.05, 4.69) is 31.3 Å². The molecule has 0 bridgehead atoms. The molecule has 2 atom stereocenters. The molecule has 1 fully saturated rings. The van der Waals surface area contributed by atoms with E-state index in [1.54, 1.807) is 0 Å². The lowest BCUT2D eigenvalue weighted by atomic mass is 9.96. The molecule has 2 N–H and O–H groups in total. The van der Waals surface area contributed by atoms with Gasteiger partial charge in [0.05, 0.1) is 6.10 Å². The van der Waals surface area contributed by atoms with Gasteiger partial charge >= 0.3 is 0 Å². The summed E-state index contributed by atoms with van der Waals surface area (Å²) in [4.78, 5) is 11.5.